The molecule has 0 bridgehead atoms. The van der Waals surface area contributed by atoms with Gasteiger partial charge >= 0.3 is 0 Å². The normalized spacial score (nSPS) is 13.9. The predicted octanol–water partition coefficient (Wildman–Crippen LogP) is 6.39. The minimum absolute atomic E-state index is 0.0513. The highest BCUT2D eigenvalue weighted by Gasteiger charge is 2.25. The number of benzene rings is 4. The Balaban J connectivity index is 1.15. The van der Waals surface area contributed by atoms with Crippen molar-refractivity contribution in [2.24, 2.45) is 5.92 Å². The maximum atomic E-state index is 12.8. The van der Waals surface area contributed by atoms with Crippen LogP contribution in [0.4, 0.5) is 11.4 Å². The van der Waals surface area contributed by atoms with E-state index in [4.69, 9.17) is 5.26 Å². The van der Waals surface area contributed by atoms with Crippen LogP contribution in [-0.4, -0.2) is 37.0 Å². The molecule has 0 radical (unpaired) electrons. The van der Waals surface area contributed by atoms with Gasteiger partial charge in [0.25, 0.3) is 0 Å². The van der Waals surface area contributed by atoms with Crippen molar-refractivity contribution in [3.8, 4) is 17.2 Å². The van der Waals surface area contributed by atoms with E-state index in [0.717, 1.165) is 44.6 Å². The van der Waals surface area contributed by atoms with Crippen LogP contribution in [0.25, 0.3) is 11.1 Å². The number of anilines is 2. The zero-order chi connectivity index (χ0) is 26.9. The van der Waals surface area contributed by atoms with Gasteiger partial charge in [-0.05, 0) is 79.0 Å². The Morgan fingerprint density at radius 1 is 0.795 bits per heavy atom. The van der Waals surface area contributed by atoms with Crippen LogP contribution in [0.1, 0.15) is 24.0 Å². The summed E-state index contributed by atoms with van der Waals surface area (Å²) in [5.74, 6) is 0.179. The molecule has 0 spiro atoms. The van der Waals surface area contributed by atoms with Gasteiger partial charge in [-0.25, -0.2) is 0 Å². The first kappa shape index (κ1) is 26.2. The van der Waals surface area contributed by atoms with Crippen LogP contribution >= 0.6 is 0 Å². The first-order valence-corrected chi connectivity index (χ1v) is 13.7. The van der Waals surface area contributed by atoms with Crippen LogP contribution < -0.4 is 10.2 Å². The van der Waals surface area contributed by atoms with Gasteiger partial charge in [-0.2, -0.15) is 5.26 Å². The van der Waals surface area contributed by atoms with E-state index in [-0.39, 0.29) is 11.8 Å². The van der Waals surface area contributed by atoms with Crippen molar-refractivity contribution < 1.29 is 4.79 Å². The molecule has 5 nitrogen and oxygen atoms in total. The van der Waals surface area contributed by atoms with Crippen molar-refractivity contribution in [2.45, 2.75) is 19.4 Å². The number of carbonyl (C=O) groups is 1. The first-order chi connectivity index (χ1) is 19.2. The Labute approximate surface area is 231 Å². The second kappa shape index (κ2) is 12.9. The summed E-state index contributed by atoms with van der Waals surface area (Å²) in [6, 6.07) is 39.3. The topological polar surface area (TPSA) is 59.4 Å². The Hall–Kier alpha value is -4.40. The highest BCUT2D eigenvalue weighted by atomic mass is 16.1. The molecule has 1 aliphatic rings. The van der Waals surface area contributed by atoms with E-state index < -0.39 is 0 Å². The summed E-state index contributed by atoms with van der Waals surface area (Å²) in [6.45, 7) is 4.16. The third kappa shape index (κ3) is 6.93. The first-order valence-electron chi connectivity index (χ1n) is 13.7. The van der Waals surface area contributed by atoms with Crippen molar-refractivity contribution >= 4 is 17.3 Å². The van der Waals surface area contributed by atoms with Crippen molar-refractivity contribution in [3.05, 3.63) is 120 Å². The molecular weight excluding hydrogens is 480 g/mol. The summed E-state index contributed by atoms with van der Waals surface area (Å²) in [7, 11) is 0. The van der Waals surface area contributed by atoms with Crippen molar-refractivity contribution in [1.29, 1.82) is 5.26 Å². The summed E-state index contributed by atoms with van der Waals surface area (Å²) < 4.78 is 0. The van der Waals surface area contributed by atoms with E-state index in [9.17, 15) is 4.79 Å². The van der Waals surface area contributed by atoms with Crippen LogP contribution in [-0.2, 0) is 11.3 Å². The van der Waals surface area contributed by atoms with Gasteiger partial charge in [-0.15, -0.1) is 0 Å². The number of nitrogens with zero attached hydrogens (tertiary/aromatic N) is 3. The van der Waals surface area contributed by atoms with Crippen LogP contribution in [0.2, 0.25) is 0 Å². The SMILES string of the molecule is N#Cc1ccc(CNC(=O)C2CCN(CCN(c3ccccc3)c3ccc(-c4ccccc4)cc3)CC2)cc1. The molecule has 0 unspecified atom stereocenters. The van der Waals surface area contributed by atoms with Gasteiger partial charge in [0, 0.05) is 36.9 Å². The molecule has 4 aromatic rings. The summed E-state index contributed by atoms with van der Waals surface area (Å²) in [5, 5.41) is 12.0. The number of likely N-dealkylation sites (tertiary alicyclic amines) is 1. The molecule has 5 heteroatoms. The fraction of sp³-hybridized carbons (Fsp3) is 0.235. The van der Waals surface area contributed by atoms with Crippen molar-refractivity contribution in [1.82, 2.24) is 10.2 Å². The lowest BCUT2D eigenvalue weighted by atomic mass is 9.95. The van der Waals surface area contributed by atoms with Gasteiger partial charge in [-0.1, -0.05) is 72.8 Å². The molecule has 1 amide bonds. The predicted molar refractivity (Wildman–Crippen MR) is 157 cm³/mol. The van der Waals surface area contributed by atoms with Crippen LogP contribution in [0, 0.1) is 17.2 Å². The average Bonchev–Trinajstić information content (AvgIpc) is 3.02. The number of nitriles is 1. The number of rotatable bonds is 9. The molecule has 0 atom stereocenters. The number of hydrogen-bond donors (Lipinski definition) is 1. The number of hydrogen-bond acceptors (Lipinski definition) is 4. The molecule has 5 rings (SSSR count). The Bertz CT molecular complexity index is 1370. The maximum Gasteiger partial charge on any atom is 0.223 e. The molecule has 1 fully saturated rings. The molecule has 196 valence electrons. The molecule has 1 N–H and O–H groups in total. The van der Waals surface area contributed by atoms with Gasteiger partial charge in [0.1, 0.15) is 0 Å². The Morgan fingerprint density at radius 2 is 1.38 bits per heavy atom. The van der Waals surface area contributed by atoms with E-state index in [1.54, 1.807) is 12.1 Å². The summed E-state index contributed by atoms with van der Waals surface area (Å²) in [4.78, 5) is 17.6. The lowest BCUT2D eigenvalue weighted by molar-refractivity contribution is -0.126. The standard InChI is InChI=1S/C34H34N4O/c35-25-27-11-13-28(14-12-27)26-36-34(39)31-19-21-37(22-20-31)23-24-38(32-9-5-2-6-10-32)33-17-15-30(16-18-33)29-7-3-1-4-8-29/h1-18,31H,19-24,26H2,(H,36,39). The van der Waals surface area contributed by atoms with Crippen molar-refractivity contribution in [2.75, 3.05) is 31.1 Å². The molecule has 1 saturated heterocycles. The van der Waals surface area contributed by atoms with E-state index >= 15 is 0 Å². The average molecular weight is 515 g/mol. The molecule has 1 aliphatic heterocycles. The van der Waals surface area contributed by atoms with Gasteiger partial charge < -0.3 is 15.1 Å². The summed E-state index contributed by atoms with van der Waals surface area (Å²) in [5.41, 5.74) is 6.44. The Morgan fingerprint density at radius 3 is 2.03 bits per heavy atom. The van der Waals surface area contributed by atoms with Gasteiger partial charge in [0.15, 0.2) is 0 Å². The second-order valence-corrected chi connectivity index (χ2v) is 10.0. The number of carbonyl (C=O) groups excluding carboxylic acids is 1. The van der Waals surface area contributed by atoms with Gasteiger partial charge in [0.05, 0.1) is 11.6 Å². The van der Waals surface area contributed by atoms with E-state index in [2.05, 4.69) is 100 Å². The molecular formula is C34H34N4O. The van der Waals surface area contributed by atoms with E-state index in [0.29, 0.717) is 12.1 Å². The van der Waals surface area contributed by atoms with Gasteiger partial charge in [0.2, 0.25) is 5.91 Å². The number of piperidine rings is 1. The highest BCUT2D eigenvalue weighted by Crippen LogP contribution is 2.28. The molecule has 0 saturated carbocycles. The second-order valence-electron chi connectivity index (χ2n) is 10.0. The fourth-order valence-corrected chi connectivity index (χ4v) is 5.17. The smallest absolute Gasteiger partial charge is 0.223 e. The number of nitrogens with one attached hydrogen (secondary N) is 1. The Kier molecular flexibility index (Phi) is 8.68. The van der Waals surface area contributed by atoms with Crippen molar-refractivity contribution in [3.63, 3.8) is 0 Å². The lowest BCUT2D eigenvalue weighted by Gasteiger charge is -2.34. The molecule has 1 heterocycles. The molecule has 0 aromatic heterocycles. The zero-order valence-electron chi connectivity index (χ0n) is 22.2. The maximum absolute atomic E-state index is 12.8. The summed E-state index contributed by atoms with van der Waals surface area (Å²) >= 11 is 0. The zero-order valence-corrected chi connectivity index (χ0v) is 22.2. The summed E-state index contributed by atoms with van der Waals surface area (Å²) in [6.07, 6.45) is 1.74. The fourth-order valence-electron chi connectivity index (χ4n) is 5.17. The molecule has 39 heavy (non-hydrogen) atoms. The van der Waals surface area contributed by atoms with E-state index in [1.807, 2.05) is 18.2 Å². The molecule has 0 aliphatic carbocycles. The number of para-hydroxylation sites is 1. The molecule has 4 aromatic carbocycles. The third-order valence-electron chi connectivity index (χ3n) is 7.50. The minimum Gasteiger partial charge on any atom is -0.352 e. The van der Waals surface area contributed by atoms with Crippen LogP contribution in [0.3, 0.4) is 0 Å². The van der Waals surface area contributed by atoms with Crippen LogP contribution in [0.5, 0.6) is 0 Å². The highest BCUT2D eigenvalue weighted by molar-refractivity contribution is 5.78. The monoisotopic (exact) mass is 514 g/mol. The quantitative estimate of drug-likeness (QED) is 0.281. The minimum atomic E-state index is 0.0513. The largest absolute Gasteiger partial charge is 0.352 e. The lowest BCUT2D eigenvalue weighted by Crippen LogP contribution is -2.42. The van der Waals surface area contributed by atoms with E-state index in [1.165, 1.54) is 22.5 Å². The third-order valence-corrected chi connectivity index (χ3v) is 7.50. The number of amides is 1. The van der Waals surface area contributed by atoms with Gasteiger partial charge in [-0.3, -0.25) is 4.79 Å². The van der Waals surface area contributed by atoms with Crippen LogP contribution in [0.15, 0.2) is 109 Å².